The van der Waals surface area contributed by atoms with Gasteiger partial charge in [0.2, 0.25) is 0 Å². The van der Waals surface area contributed by atoms with Crippen molar-refractivity contribution in [2.24, 2.45) is 0 Å². The molecular weight excluding hydrogens is 981 g/mol. The van der Waals surface area contributed by atoms with E-state index in [-0.39, 0.29) is 68.2 Å². The van der Waals surface area contributed by atoms with Crippen molar-refractivity contribution >= 4 is 0 Å². The van der Waals surface area contributed by atoms with Gasteiger partial charge in [-0.2, -0.15) is 0 Å². The van der Waals surface area contributed by atoms with Gasteiger partial charge in [0.05, 0.1) is 24.5 Å². The van der Waals surface area contributed by atoms with Gasteiger partial charge in [0.1, 0.15) is 88.4 Å². The molecule has 23 heteroatoms. The molecule has 1 saturated heterocycles. The van der Waals surface area contributed by atoms with Gasteiger partial charge in [-0.05, 0) is 53.6 Å². The summed E-state index contributed by atoms with van der Waals surface area (Å²) < 4.78 is 38.8. The van der Waals surface area contributed by atoms with Crippen LogP contribution in [0, 0.1) is 0 Å². The molecule has 6 aromatic carbocycles. The number of phenolic OH excluding ortho intramolecular Hbond substituents is 11. The number of aliphatic hydroxyl groups is 6. The first-order valence-corrected chi connectivity index (χ1v) is 22.8. The van der Waals surface area contributed by atoms with Crippen molar-refractivity contribution in [2.75, 3.05) is 6.61 Å². The monoisotopic (exact) mass is 1030 g/mol. The zero-order chi connectivity index (χ0) is 52.6. The Morgan fingerprint density at radius 3 is 1.69 bits per heavy atom. The summed E-state index contributed by atoms with van der Waals surface area (Å²) in [7, 11) is 0. The highest BCUT2D eigenvalue weighted by molar-refractivity contribution is 5.72. The van der Waals surface area contributed by atoms with E-state index in [1.165, 1.54) is 18.2 Å². The maximum atomic E-state index is 12.8. The van der Waals surface area contributed by atoms with Crippen molar-refractivity contribution in [1.82, 2.24) is 0 Å². The van der Waals surface area contributed by atoms with Gasteiger partial charge in [0, 0.05) is 64.1 Å². The standard InChI is InChI=1S/C51H46O23/c52-15-34-41(65)43(67)44(68)50(69-34)72-49-40-35-28(61)10-19(53)11-32(35)73-51(49,18-3-6-23(56)27(60)9-18)74-33-14-30(63)37-39(42(66)46(71-48(37)38(33)40)17-2-5-22(55)26(59)8-17)36-29(62)13-24(57)20-12-31(64)45(70-47(20)36)16-1-4-21(54)25(58)7-16/h1-11,13-14,31,34,39-46,49-50,52-68H,12,15H2/t31-,34-,39+,40-,41+,42-,43+,44-,45-,46-,49-,50+,51-/m1/s1. The predicted octanol–water partition coefficient (Wildman–Crippen LogP) is 2.07. The van der Waals surface area contributed by atoms with Crippen LogP contribution in [-0.2, 0) is 21.7 Å². The third-order valence-corrected chi connectivity index (χ3v) is 14.3. The minimum atomic E-state index is -2.52. The number of rotatable bonds is 7. The summed E-state index contributed by atoms with van der Waals surface area (Å²) in [5, 5.41) is 189. The molecule has 17 N–H and O–H groups in total. The van der Waals surface area contributed by atoms with Crippen molar-refractivity contribution < 1.29 is 115 Å². The van der Waals surface area contributed by atoms with E-state index >= 15 is 0 Å². The van der Waals surface area contributed by atoms with Crippen molar-refractivity contribution in [1.29, 1.82) is 0 Å². The first-order chi connectivity index (χ1) is 35.2. The van der Waals surface area contributed by atoms with E-state index in [1.807, 2.05) is 0 Å². The zero-order valence-electron chi connectivity index (χ0n) is 37.9. The van der Waals surface area contributed by atoms with Crippen LogP contribution in [0.3, 0.4) is 0 Å². The molecule has 0 amide bonds. The Morgan fingerprint density at radius 2 is 1.05 bits per heavy atom. The summed E-state index contributed by atoms with van der Waals surface area (Å²) in [6.45, 7) is -0.901. The van der Waals surface area contributed by atoms with Crippen molar-refractivity contribution in [3.63, 3.8) is 0 Å². The summed E-state index contributed by atoms with van der Waals surface area (Å²) in [5.74, 6) is -14.3. The molecule has 0 aromatic heterocycles. The molecule has 5 heterocycles. The summed E-state index contributed by atoms with van der Waals surface area (Å²) in [6.07, 6.45) is -18.3. The van der Waals surface area contributed by atoms with Crippen LogP contribution in [0.4, 0.5) is 0 Å². The molecular formula is C51H46O23. The van der Waals surface area contributed by atoms with Gasteiger partial charge in [-0.3, -0.25) is 0 Å². The van der Waals surface area contributed by atoms with Crippen LogP contribution in [0.25, 0.3) is 0 Å². The van der Waals surface area contributed by atoms with Crippen LogP contribution >= 0.6 is 0 Å². The fourth-order valence-electron chi connectivity index (χ4n) is 10.8. The van der Waals surface area contributed by atoms with Gasteiger partial charge in [0.15, 0.2) is 53.0 Å². The van der Waals surface area contributed by atoms with Gasteiger partial charge in [-0.15, -0.1) is 0 Å². The number of phenols is 11. The van der Waals surface area contributed by atoms with Gasteiger partial charge < -0.3 is 115 Å². The molecule has 0 unspecified atom stereocenters. The molecule has 5 aliphatic rings. The Hall–Kier alpha value is -8.00. The van der Waals surface area contributed by atoms with E-state index in [9.17, 15) is 86.8 Å². The van der Waals surface area contributed by atoms with E-state index in [0.717, 1.165) is 60.7 Å². The number of hydrogen-bond acceptors (Lipinski definition) is 23. The zero-order valence-corrected chi connectivity index (χ0v) is 37.9. The SMILES string of the molecule is OC[C@H]1O[C@@H](O[C@@H]2[C@@H]3c4c(O)cc(O)cc4O[C@]2(c2ccc(O)c(O)c2)Oc2cc(O)c4c(c23)O[C@H](c2ccc(O)c(O)c2)[C@H](O)[C@H]4c2c(O)cc(O)c3c2O[C@H](c2ccc(O)c(O)c2)[C@H](O)C3)[C@H](O)[C@@H](O)[C@H]1O. The molecule has 2 bridgehead atoms. The maximum absolute atomic E-state index is 12.8. The lowest BCUT2D eigenvalue weighted by Crippen LogP contribution is -2.64. The molecule has 0 saturated carbocycles. The van der Waals surface area contributed by atoms with Gasteiger partial charge in [-0.25, -0.2) is 0 Å². The van der Waals surface area contributed by atoms with Crippen LogP contribution in [0.1, 0.15) is 68.6 Å². The number of aliphatic hydroxyl groups excluding tert-OH is 6. The third kappa shape index (κ3) is 7.26. The molecule has 13 atom stereocenters. The largest absolute Gasteiger partial charge is 0.508 e. The van der Waals surface area contributed by atoms with Crippen LogP contribution in [0.5, 0.6) is 86.2 Å². The van der Waals surface area contributed by atoms with Gasteiger partial charge in [-0.1, -0.05) is 12.1 Å². The second-order valence-electron chi connectivity index (χ2n) is 18.7. The smallest absolute Gasteiger partial charge is 0.305 e. The van der Waals surface area contributed by atoms with Crippen LogP contribution in [0.15, 0.2) is 78.9 Å². The van der Waals surface area contributed by atoms with E-state index < -0.39 is 154 Å². The Bertz CT molecular complexity index is 3250. The molecule has 388 valence electrons. The van der Waals surface area contributed by atoms with E-state index in [4.69, 9.17) is 28.4 Å². The van der Waals surface area contributed by atoms with Crippen LogP contribution in [0.2, 0.25) is 0 Å². The second-order valence-corrected chi connectivity index (χ2v) is 18.7. The van der Waals surface area contributed by atoms with E-state index in [1.54, 1.807) is 0 Å². The van der Waals surface area contributed by atoms with Crippen LogP contribution < -0.4 is 18.9 Å². The molecule has 11 rings (SSSR count). The quantitative estimate of drug-likeness (QED) is 0.102. The summed E-state index contributed by atoms with van der Waals surface area (Å²) in [4.78, 5) is 0. The Kier molecular flexibility index (Phi) is 11.3. The van der Waals surface area contributed by atoms with Gasteiger partial charge in [0.25, 0.3) is 0 Å². The highest BCUT2D eigenvalue weighted by Crippen LogP contribution is 2.66. The lowest BCUT2D eigenvalue weighted by atomic mass is 9.71. The average molecular weight is 1030 g/mol. The third-order valence-electron chi connectivity index (χ3n) is 14.3. The Labute approximate surface area is 415 Å². The normalized spacial score (nSPS) is 29.5. The molecule has 0 radical (unpaired) electrons. The molecule has 0 spiro atoms. The van der Waals surface area contributed by atoms with Crippen LogP contribution in [-0.4, -0.2) is 142 Å². The highest BCUT2D eigenvalue weighted by atomic mass is 16.8. The first kappa shape index (κ1) is 48.3. The fourth-order valence-corrected chi connectivity index (χ4v) is 10.8. The van der Waals surface area contributed by atoms with E-state index in [2.05, 4.69) is 0 Å². The van der Waals surface area contributed by atoms with E-state index in [0.29, 0.717) is 0 Å². The molecule has 23 nitrogen and oxygen atoms in total. The summed E-state index contributed by atoms with van der Waals surface area (Å²) >= 11 is 0. The number of fused-ring (bicyclic) bond motifs is 9. The lowest BCUT2D eigenvalue weighted by Gasteiger charge is -2.53. The minimum Gasteiger partial charge on any atom is -0.508 e. The lowest BCUT2D eigenvalue weighted by molar-refractivity contribution is -0.345. The molecule has 5 aliphatic heterocycles. The van der Waals surface area contributed by atoms with Crippen molar-refractivity contribution in [2.45, 2.75) is 85.3 Å². The summed E-state index contributed by atoms with van der Waals surface area (Å²) in [5.41, 5.74) is -1.30. The second kappa shape index (κ2) is 17.3. The minimum absolute atomic E-state index is 0.0404. The maximum Gasteiger partial charge on any atom is 0.305 e. The first-order valence-electron chi connectivity index (χ1n) is 22.8. The molecule has 0 aliphatic carbocycles. The topological polar surface area (TPSA) is 399 Å². The molecule has 1 fully saturated rings. The predicted molar refractivity (Wildman–Crippen MR) is 245 cm³/mol. The summed E-state index contributed by atoms with van der Waals surface area (Å²) in [6, 6.07) is 14.2. The Balaban J connectivity index is 1.20. The van der Waals surface area contributed by atoms with Crippen molar-refractivity contribution in [3.8, 4) is 86.2 Å². The van der Waals surface area contributed by atoms with Gasteiger partial charge >= 0.3 is 5.79 Å². The molecule has 74 heavy (non-hydrogen) atoms. The number of aromatic hydroxyl groups is 11. The highest BCUT2D eigenvalue weighted by Gasteiger charge is 2.64. The molecule has 6 aromatic rings. The fraction of sp³-hybridized carbons (Fsp3) is 0.294. The van der Waals surface area contributed by atoms with Crippen molar-refractivity contribution in [3.05, 3.63) is 123 Å². The average Bonchev–Trinajstić information content (AvgIpc) is 3.36. The number of hydrogen-bond donors (Lipinski definition) is 17. The number of benzene rings is 6. The number of ether oxygens (including phenoxy) is 6. The Morgan fingerprint density at radius 1 is 0.486 bits per heavy atom.